The van der Waals surface area contributed by atoms with Crippen LogP contribution in [0.4, 0.5) is 0 Å². The van der Waals surface area contributed by atoms with Crippen molar-refractivity contribution in [2.24, 2.45) is 61.9 Å². The van der Waals surface area contributed by atoms with Gasteiger partial charge in [-0.25, -0.2) is 0 Å². The number of Topliss-reactive ketones (excluding diaryl/α,β-unsaturated/α-hetero) is 1. The van der Waals surface area contributed by atoms with Gasteiger partial charge in [-0.15, -0.1) is 0 Å². The summed E-state index contributed by atoms with van der Waals surface area (Å²) >= 11 is 0. The Balaban J connectivity index is 1.38. The monoisotopic (exact) mass is 655 g/mol. The number of hydrogen-bond acceptors (Lipinski definition) is 5. The highest BCUT2D eigenvalue weighted by molar-refractivity contribution is 5.78. The lowest BCUT2D eigenvalue weighted by Gasteiger charge is -2.77. The number of ketones is 1. The molecule has 5 unspecified atom stereocenters. The molecule has 5 saturated carbocycles. The van der Waals surface area contributed by atoms with Crippen molar-refractivity contribution in [3.8, 4) is 0 Å². The minimum Gasteiger partial charge on any atom is -0.462 e. The minimum atomic E-state index is -0.377. The minimum absolute atomic E-state index is 0.00754. The van der Waals surface area contributed by atoms with Crippen LogP contribution < -0.4 is 11.1 Å². The van der Waals surface area contributed by atoms with Gasteiger partial charge in [0.25, 0.3) is 0 Å². The second kappa shape index (κ2) is 13.0. The van der Waals surface area contributed by atoms with Crippen LogP contribution in [0.5, 0.6) is 0 Å². The fraction of sp³-hybridized carbons (Fsp3) is 0.952. The summed E-state index contributed by atoms with van der Waals surface area (Å²) in [4.78, 5) is 25.1. The van der Waals surface area contributed by atoms with Crippen molar-refractivity contribution in [1.82, 2.24) is 5.32 Å². The van der Waals surface area contributed by atoms with E-state index < -0.39 is 0 Å². The van der Waals surface area contributed by atoms with Crippen molar-refractivity contribution in [2.75, 3.05) is 13.1 Å². The van der Waals surface area contributed by atoms with Gasteiger partial charge in [-0.1, -0.05) is 68.7 Å². The molecule has 3 N–H and O–H groups in total. The molecule has 10 atom stereocenters. The Labute approximate surface area is 289 Å². The van der Waals surface area contributed by atoms with E-state index in [1.54, 1.807) is 6.92 Å². The first kappa shape index (κ1) is 37.3. The molecule has 5 aliphatic rings. The average Bonchev–Trinajstić information content (AvgIpc) is 3.34. The molecular weight excluding hydrogens is 580 g/mol. The molecule has 0 bridgehead atoms. The lowest BCUT2D eigenvalue weighted by molar-refractivity contribution is -0.261. The van der Waals surface area contributed by atoms with E-state index in [1.807, 2.05) is 13.8 Å². The largest absolute Gasteiger partial charge is 0.462 e. The van der Waals surface area contributed by atoms with Crippen molar-refractivity contribution < 1.29 is 14.3 Å². The van der Waals surface area contributed by atoms with Gasteiger partial charge in [0.2, 0.25) is 0 Å². The number of fused-ring (bicyclic) bond motifs is 7. The predicted octanol–water partition coefficient (Wildman–Crippen LogP) is 9.65. The van der Waals surface area contributed by atoms with Crippen LogP contribution >= 0.6 is 0 Å². The van der Waals surface area contributed by atoms with E-state index >= 15 is 0 Å². The number of hydrogen-bond donors (Lipinski definition) is 2. The number of carbonyl (C=O) groups is 2. The van der Waals surface area contributed by atoms with E-state index in [0.717, 1.165) is 43.6 Å². The standard InChI is InChI=1S/C42H74N2O3/c1-11-25-44-26-13-18-41-21-14-30(12-2)35(41)31-15-22-42(43)39(9)19-17-33(47-34(46)28-36(4,5)27-29(3)45)37(6,7)32(39)16-20-40(42,10)38(31,8)23-24-41/h30-33,35,44H,11-28,43H2,1-10H3/t30-,31?,32+,33?,35-,38-,39?,40?,41?,42+/m1/s1. The van der Waals surface area contributed by atoms with E-state index in [1.165, 1.54) is 77.2 Å². The molecule has 0 aromatic heterocycles. The normalized spacial score (nSPS) is 44.1. The Hall–Kier alpha value is -0.940. The zero-order valence-corrected chi connectivity index (χ0v) is 32.4. The summed E-state index contributed by atoms with van der Waals surface area (Å²) in [6.45, 7) is 25.3. The van der Waals surface area contributed by atoms with Gasteiger partial charge in [-0.05, 0) is 154 Å². The number of nitrogens with two attached hydrogens (primary N) is 1. The molecule has 270 valence electrons. The van der Waals surface area contributed by atoms with E-state index in [4.69, 9.17) is 10.5 Å². The van der Waals surface area contributed by atoms with Crippen LogP contribution in [-0.4, -0.2) is 36.5 Å². The van der Waals surface area contributed by atoms with Crippen molar-refractivity contribution >= 4 is 11.8 Å². The van der Waals surface area contributed by atoms with Crippen LogP contribution in [0.2, 0.25) is 0 Å². The fourth-order valence-corrected chi connectivity index (χ4v) is 14.2. The maximum atomic E-state index is 13.3. The first-order valence-electron chi connectivity index (χ1n) is 20.0. The van der Waals surface area contributed by atoms with Gasteiger partial charge >= 0.3 is 5.97 Å². The highest BCUT2D eigenvalue weighted by Gasteiger charge is 2.75. The Bertz CT molecular complexity index is 1160. The van der Waals surface area contributed by atoms with Gasteiger partial charge in [0.15, 0.2) is 0 Å². The molecule has 0 radical (unpaired) electrons. The van der Waals surface area contributed by atoms with Crippen LogP contribution in [0.3, 0.4) is 0 Å². The van der Waals surface area contributed by atoms with Crippen molar-refractivity contribution in [3.05, 3.63) is 0 Å². The third kappa shape index (κ3) is 5.89. The maximum absolute atomic E-state index is 13.3. The number of ether oxygens (including phenoxy) is 1. The quantitative estimate of drug-likeness (QED) is 0.162. The molecule has 5 aliphatic carbocycles. The molecule has 5 heteroatoms. The van der Waals surface area contributed by atoms with E-state index in [0.29, 0.717) is 17.8 Å². The summed E-state index contributed by atoms with van der Waals surface area (Å²) in [6, 6.07) is 0. The summed E-state index contributed by atoms with van der Waals surface area (Å²) in [6.07, 6.45) is 18.1. The van der Waals surface area contributed by atoms with Crippen molar-refractivity contribution in [2.45, 2.75) is 184 Å². The van der Waals surface area contributed by atoms with Crippen molar-refractivity contribution in [1.29, 1.82) is 0 Å². The smallest absolute Gasteiger partial charge is 0.306 e. The van der Waals surface area contributed by atoms with Crippen molar-refractivity contribution in [3.63, 3.8) is 0 Å². The molecular formula is C42H74N2O3. The Morgan fingerprint density at radius 2 is 1.57 bits per heavy atom. The topological polar surface area (TPSA) is 81.4 Å². The van der Waals surface area contributed by atoms with Crippen LogP contribution in [0.15, 0.2) is 0 Å². The van der Waals surface area contributed by atoms with Gasteiger partial charge in [0.05, 0.1) is 6.42 Å². The third-order valence-electron chi connectivity index (χ3n) is 16.7. The zero-order chi connectivity index (χ0) is 34.7. The second-order valence-corrected chi connectivity index (χ2v) is 19.9. The van der Waals surface area contributed by atoms with Crippen LogP contribution in [0.25, 0.3) is 0 Å². The molecule has 47 heavy (non-hydrogen) atoms. The fourth-order valence-electron chi connectivity index (χ4n) is 14.2. The summed E-state index contributed by atoms with van der Waals surface area (Å²) < 4.78 is 6.36. The van der Waals surface area contributed by atoms with Crippen LogP contribution in [0.1, 0.15) is 172 Å². The van der Waals surface area contributed by atoms with Gasteiger partial charge < -0.3 is 20.6 Å². The lowest BCUT2D eigenvalue weighted by atomic mass is 9.29. The first-order valence-corrected chi connectivity index (χ1v) is 20.0. The summed E-state index contributed by atoms with van der Waals surface area (Å²) in [5, 5.41) is 3.70. The predicted molar refractivity (Wildman–Crippen MR) is 194 cm³/mol. The molecule has 5 rings (SSSR count). The molecule has 0 aromatic carbocycles. The third-order valence-corrected chi connectivity index (χ3v) is 16.7. The maximum Gasteiger partial charge on any atom is 0.306 e. The molecule has 5 fully saturated rings. The molecule has 0 saturated heterocycles. The van der Waals surface area contributed by atoms with Gasteiger partial charge in [0.1, 0.15) is 11.9 Å². The summed E-state index contributed by atoms with van der Waals surface area (Å²) in [5.74, 6) is 2.88. The summed E-state index contributed by atoms with van der Waals surface area (Å²) in [7, 11) is 0. The number of nitrogens with one attached hydrogen (secondary N) is 1. The van der Waals surface area contributed by atoms with Gasteiger partial charge in [-0.2, -0.15) is 0 Å². The highest BCUT2D eigenvalue weighted by Crippen LogP contribution is 2.78. The Kier molecular flexibility index (Phi) is 10.3. The van der Waals surface area contributed by atoms with E-state index in [9.17, 15) is 9.59 Å². The van der Waals surface area contributed by atoms with E-state index in [2.05, 4.69) is 53.8 Å². The Morgan fingerprint density at radius 3 is 2.23 bits per heavy atom. The zero-order valence-electron chi connectivity index (χ0n) is 32.4. The molecule has 5 nitrogen and oxygen atoms in total. The number of carbonyl (C=O) groups excluding carboxylic acids is 2. The van der Waals surface area contributed by atoms with Crippen LogP contribution in [-0.2, 0) is 14.3 Å². The highest BCUT2D eigenvalue weighted by atomic mass is 16.5. The molecule has 0 aliphatic heterocycles. The molecule has 0 heterocycles. The molecule has 0 amide bonds. The molecule has 0 aromatic rings. The van der Waals surface area contributed by atoms with E-state index in [-0.39, 0.29) is 56.9 Å². The number of rotatable bonds is 12. The van der Waals surface area contributed by atoms with Crippen LogP contribution in [0, 0.1) is 56.2 Å². The van der Waals surface area contributed by atoms with Gasteiger partial charge in [0, 0.05) is 17.4 Å². The van der Waals surface area contributed by atoms with Gasteiger partial charge in [-0.3, -0.25) is 4.79 Å². The second-order valence-electron chi connectivity index (χ2n) is 19.9. The Morgan fingerprint density at radius 1 is 0.851 bits per heavy atom. The first-order chi connectivity index (χ1) is 21.9. The molecule has 0 spiro atoms. The lowest BCUT2D eigenvalue weighted by Crippen LogP contribution is -2.78. The number of esters is 1. The average molecular weight is 655 g/mol. The summed E-state index contributed by atoms with van der Waals surface area (Å²) in [5.41, 5.74) is 8.24. The SMILES string of the molecule is CCCNCCCC12CC[C@@H](CC)[C@@H]1C1CC[C@]3(N)C4(C)CCC(OC(=O)CC(C)(C)CC(C)=O)C(C)(C)[C@@H]4CCC3(C)[C@]1(C)CC2.